The minimum absolute atomic E-state index is 0.323. The molecule has 2 saturated carbocycles. The average molecular weight is 223 g/mol. The first-order valence-electron chi connectivity index (χ1n) is 6.81. The van der Waals surface area contributed by atoms with Crippen LogP contribution in [0.3, 0.4) is 0 Å². The predicted molar refractivity (Wildman–Crippen MR) is 66.3 cm³/mol. The number of hydrogen-bond donors (Lipinski definition) is 1. The maximum Gasteiger partial charge on any atom is 0.152 e. The fraction of sp³-hybridized carbons (Fsp3) is 0.929. The summed E-state index contributed by atoms with van der Waals surface area (Å²) < 4.78 is 0. The van der Waals surface area contributed by atoms with Crippen molar-refractivity contribution in [1.82, 2.24) is 5.32 Å². The smallest absolute Gasteiger partial charge is 0.152 e. The molecule has 0 aromatic carbocycles. The first-order chi connectivity index (χ1) is 7.53. The first-order valence-corrected chi connectivity index (χ1v) is 6.81. The monoisotopic (exact) mass is 223 g/mol. The van der Waals surface area contributed by atoms with E-state index in [9.17, 15) is 4.79 Å². The second-order valence-electron chi connectivity index (χ2n) is 6.22. The molecule has 92 valence electrons. The maximum absolute atomic E-state index is 12.2. The summed E-state index contributed by atoms with van der Waals surface area (Å²) in [5.41, 5.74) is -0.323. The standard InChI is InChI=1S/C14H25NO/c1-4-15-14(2,3)13(16)9-12-8-10-5-6-11(12)7-10/h10-12,15H,4-9H2,1-3H3. The minimum atomic E-state index is -0.323. The molecule has 2 fully saturated rings. The van der Waals surface area contributed by atoms with Gasteiger partial charge in [-0.05, 0) is 57.4 Å². The van der Waals surface area contributed by atoms with Gasteiger partial charge in [-0.1, -0.05) is 13.3 Å². The van der Waals surface area contributed by atoms with Gasteiger partial charge in [-0.25, -0.2) is 0 Å². The lowest BCUT2D eigenvalue weighted by Gasteiger charge is -2.28. The van der Waals surface area contributed by atoms with Crippen molar-refractivity contribution in [2.75, 3.05) is 6.54 Å². The largest absolute Gasteiger partial charge is 0.306 e. The number of carbonyl (C=O) groups is 1. The van der Waals surface area contributed by atoms with Crippen LogP contribution in [0.2, 0.25) is 0 Å². The second-order valence-corrected chi connectivity index (χ2v) is 6.22. The molecule has 2 bridgehead atoms. The molecule has 0 spiro atoms. The van der Waals surface area contributed by atoms with Crippen LogP contribution in [0, 0.1) is 17.8 Å². The summed E-state index contributed by atoms with van der Waals surface area (Å²) in [6, 6.07) is 0. The van der Waals surface area contributed by atoms with Crippen molar-refractivity contribution in [2.45, 2.75) is 58.4 Å². The Morgan fingerprint density at radius 2 is 2.06 bits per heavy atom. The molecule has 0 aliphatic heterocycles. The van der Waals surface area contributed by atoms with E-state index in [1.807, 2.05) is 13.8 Å². The number of nitrogens with one attached hydrogen (secondary N) is 1. The third-order valence-electron chi connectivity index (χ3n) is 4.65. The highest BCUT2D eigenvalue weighted by Crippen LogP contribution is 2.49. The number of likely N-dealkylation sites (N-methyl/N-ethyl adjacent to an activating group) is 1. The molecule has 2 aliphatic rings. The molecule has 0 amide bonds. The SMILES string of the molecule is CCNC(C)(C)C(=O)CC1CC2CCC1C2. The number of Topliss-reactive ketones (excluding diaryl/α,β-unsaturated/α-hetero) is 1. The molecule has 16 heavy (non-hydrogen) atoms. The van der Waals surface area contributed by atoms with E-state index >= 15 is 0 Å². The van der Waals surface area contributed by atoms with E-state index in [1.165, 1.54) is 25.7 Å². The Labute approximate surface area is 99.2 Å². The summed E-state index contributed by atoms with van der Waals surface area (Å²) in [5, 5.41) is 3.29. The zero-order chi connectivity index (χ0) is 11.8. The Morgan fingerprint density at radius 1 is 1.31 bits per heavy atom. The van der Waals surface area contributed by atoms with Crippen LogP contribution in [0.5, 0.6) is 0 Å². The number of carbonyl (C=O) groups excluding carboxylic acids is 1. The van der Waals surface area contributed by atoms with Gasteiger partial charge in [0.1, 0.15) is 0 Å². The molecule has 0 radical (unpaired) electrons. The van der Waals surface area contributed by atoms with E-state index in [0.717, 1.165) is 24.8 Å². The Bertz CT molecular complexity index is 272. The highest BCUT2D eigenvalue weighted by molar-refractivity contribution is 5.87. The summed E-state index contributed by atoms with van der Waals surface area (Å²) in [6.07, 6.45) is 6.33. The Hall–Kier alpha value is -0.370. The quantitative estimate of drug-likeness (QED) is 0.776. The Balaban J connectivity index is 1.88. The summed E-state index contributed by atoms with van der Waals surface area (Å²) in [4.78, 5) is 12.2. The molecule has 2 heteroatoms. The molecule has 2 rings (SSSR count). The van der Waals surface area contributed by atoms with Crippen molar-refractivity contribution >= 4 is 5.78 Å². The lowest BCUT2D eigenvalue weighted by Crippen LogP contribution is -2.47. The van der Waals surface area contributed by atoms with E-state index in [4.69, 9.17) is 0 Å². The number of fused-ring (bicyclic) bond motifs is 2. The maximum atomic E-state index is 12.2. The fourth-order valence-electron chi connectivity index (χ4n) is 3.66. The zero-order valence-corrected chi connectivity index (χ0v) is 10.9. The van der Waals surface area contributed by atoms with E-state index < -0.39 is 0 Å². The van der Waals surface area contributed by atoms with Crippen LogP contribution in [0.1, 0.15) is 52.9 Å². The molecular formula is C14H25NO. The summed E-state index contributed by atoms with van der Waals surface area (Å²) in [6.45, 7) is 6.97. The minimum Gasteiger partial charge on any atom is -0.306 e. The lowest BCUT2D eigenvalue weighted by molar-refractivity contribution is -0.125. The van der Waals surface area contributed by atoms with Gasteiger partial charge in [-0.15, -0.1) is 0 Å². The molecule has 1 N–H and O–H groups in total. The molecule has 0 heterocycles. The van der Waals surface area contributed by atoms with Crippen LogP contribution in [-0.4, -0.2) is 17.9 Å². The van der Waals surface area contributed by atoms with Crippen LogP contribution < -0.4 is 5.32 Å². The first kappa shape index (κ1) is 12.1. The van der Waals surface area contributed by atoms with Crippen molar-refractivity contribution in [2.24, 2.45) is 17.8 Å². The molecule has 3 atom stereocenters. The predicted octanol–water partition coefficient (Wildman–Crippen LogP) is 2.77. The normalized spacial score (nSPS) is 33.3. The molecular weight excluding hydrogens is 198 g/mol. The molecule has 0 saturated heterocycles. The van der Waals surface area contributed by atoms with Gasteiger partial charge < -0.3 is 5.32 Å². The van der Waals surface area contributed by atoms with Gasteiger partial charge in [0.2, 0.25) is 0 Å². The van der Waals surface area contributed by atoms with Crippen LogP contribution in [0.4, 0.5) is 0 Å². The van der Waals surface area contributed by atoms with Gasteiger partial charge >= 0.3 is 0 Å². The molecule has 0 aromatic rings. The zero-order valence-electron chi connectivity index (χ0n) is 10.9. The van der Waals surface area contributed by atoms with E-state index in [1.54, 1.807) is 0 Å². The third-order valence-corrected chi connectivity index (χ3v) is 4.65. The van der Waals surface area contributed by atoms with Crippen molar-refractivity contribution in [1.29, 1.82) is 0 Å². The van der Waals surface area contributed by atoms with E-state index in [2.05, 4.69) is 12.2 Å². The van der Waals surface area contributed by atoms with Gasteiger partial charge in [-0.3, -0.25) is 4.79 Å². The van der Waals surface area contributed by atoms with Gasteiger partial charge in [0.25, 0.3) is 0 Å². The van der Waals surface area contributed by atoms with Gasteiger partial charge in [0.15, 0.2) is 5.78 Å². The number of ketones is 1. The van der Waals surface area contributed by atoms with Gasteiger partial charge in [0.05, 0.1) is 5.54 Å². The topological polar surface area (TPSA) is 29.1 Å². The molecule has 0 aromatic heterocycles. The lowest BCUT2D eigenvalue weighted by atomic mass is 9.81. The third kappa shape index (κ3) is 2.32. The van der Waals surface area contributed by atoms with Gasteiger partial charge in [0, 0.05) is 6.42 Å². The van der Waals surface area contributed by atoms with Crippen LogP contribution >= 0.6 is 0 Å². The molecule has 2 aliphatic carbocycles. The highest BCUT2D eigenvalue weighted by atomic mass is 16.1. The average Bonchev–Trinajstić information content (AvgIpc) is 2.78. The van der Waals surface area contributed by atoms with Gasteiger partial charge in [-0.2, -0.15) is 0 Å². The van der Waals surface area contributed by atoms with Crippen LogP contribution in [-0.2, 0) is 4.79 Å². The summed E-state index contributed by atoms with van der Waals surface area (Å²) in [5.74, 6) is 2.92. The number of hydrogen-bond acceptors (Lipinski definition) is 2. The van der Waals surface area contributed by atoms with Crippen molar-refractivity contribution < 1.29 is 4.79 Å². The molecule has 2 nitrogen and oxygen atoms in total. The van der Waals surface area contributed by atoms with E-state index in [0.29, 0.717) is 11.7 Å². The van der Waals surface area contributed by atoms with Crippen LogP contribution in [0.25, 0.3) is 0 Å². The summed E-state index contributed by atoms with van der Waals surface area (Å²) in [7, 11) is 0. The number of rotatable bonds is 5. The van der Waals surface area contributed by atoms with Crippen molar-refractivity contribution in [3.05, 3.63) is 0 Å². The van der Waals surface area contributed by atoms with E-state index in [-0.39, 0.29) is 5.54 Å². The van der Waals surface area contributed by atoms with Crippen LogP contribution in [0.15, 0.2) is 0 Å². The summed E-state index contributed by atoms with van der Waals surface area (Å²) >= 11 is 0. The highest BCUT2D eigenvalue weighted by Gasteiger charge is 2.41. The Kier molecular flexibility index (Phi) is 3.39. The van der Waals surface area contributed by atoms with Crippen molar-refractivity contribution in [3.63, 3.8) is 0 Å². The van der Waals surface area contributed by atoms with Crippen molar-refractivity contribution in [3.8, 4) is 0 Å². The Morgan fingerprint density at radius 3 is 2.56 bits per heavy atom. The molecule has 3 unspecified atom stereocenters. The second kappa shape index (κ2) is 4.48. The fourth-order valence-corrected chi connectivity index (χ4v) is 3.66.